The average molecular weight is 238 g/mol. The van der Waals surface area contributed by atoms with Gasteiger partial charge in [-0.3, -0.25) is 0 Å². The number of rotatable bonds is 3. The minimum absolute atomic E-state index is 0. The Bertz CT molecular complexity index is 428. The van der Waals surface area contributed by atoms with Gasteiger partial charge in [-0.1, -0.05) is 6.07 Å². The molecular weight excluding hydrogens is 227 g/mol. The molecule has 0 aliphatic carbocycles. The van der Waals surface area contributed by atoms with Crippen LogP contribution < -0.4 is 34.3 Å². The van der Waals surface area contributed by atoms with Crippen molar-refractivity contribution in [2.45, 2.75) is 13.8 Å². The van der Waals surface area contributed by atoms with E-state index in [2.05, 4.69) is 0 Å². The summed E-state index contributed by atoms with van der Waals surface area (Å²) in [4.78, 5) is 0. The Morgan fingerprint density at radius 1 is 1.27 bits per heavy atom. The third-order valence-electron chi connectivity index (χ3n) is 1.85. The molecule has 6 heteroatoms. The van der Waals surface area contributed by atoms with Gasteiger partial charge in [-0.2, -0.15) is 0 Å². The van der Waals surface area contributed by atoms with Crippen molar-refractivity contribution in [3.8, 4) is 5.75 Å². The van der Waals surface area contributed by atoms with E-state index >= 15 is 0 Å². The van der Waals surface area contributed by atoms with E-state index in [4.69, 9.17) is 4.74 Å². The molecule has 1 aromatic carbocycles. The predicted molar refractivity (Wildman–Crippen MR) is 51.1 cm³/mol. The summed E-state index contributed by atoms with van der Waals surface area (Å²) in [5.74, 6) is -0.428. The first-order valence-electron chi connectivity index (χ1n) is 4.02. The third-order valence-corrected chi connectivity index (χ3v) is 2.25. The van der Waals surface area contributed by atoms with E-state index in [1.165, 1.54) is 0 Å². The van der Waals surface area contributed by atoms with E-state index in [1.54, 1.807) is 12.1 Å². The van der Waals surface area contributed by atoms with Gasteiger partial charge in [0.25, 0.3) is 0 Å². The number of ether oxygens (including phenoxy) is 1. The maximum absolute atomic E-state index is 10.3. The van der Waals surface area contributed by atoms with Crippen LogP contribution >= 0.6 is 0 Å². The topological polar surface area (TPSA) is 66.4 Å². The van der Waals surface area contributed by atoms with Crippen molar-refractivity contribution in [3.05, 3.63) is 29.3 Å². The maximum atomic E-state index is 10.3. The van der Waals surface area contributed by atoms with Gasteiger partial charge in [0.1, 0.15) is 15.9 Å². The summed E-state index contributed by atoms with van der Waals surface area (Å²) in [7, 11) is -4.32. The van der Waals surface area contributed by atoms with Crippen LogP contribution in [0.5, 0.6) is 5.75 Å². The van der Waals surface area contributed by atoms with Gasteiger partial charge < -0.3 is 9.29 Å². The van der Waals surface area contributed by atoms with Crippen LogP contribution in [0.1, 0.15) is 11.1 Å². The molecule has 0 N–H and O–H groups in total. The van der Waals surface area contributed by atoms with E-state index in [1.807, 2.05) is 19.9 Å². The summed E-state index contributed by atoms with van der Waals surface area (Å²) in [6, 6.07) is 5.14. The van der Waals surface area contributed by atoms with E-state index in [0.29, 0.717) is 5.75 Å². The molecule has 1 rings (SSSR count). The molecule has 1 aromatic rings. The van der Waals surface area contributed by atoms with Crippen molar-refractivity contribution in [1.82, 2.24) is 0 Å². The number of hydrogen-bond donors (Lipinski definition) is 0. The van der Waals surface area contributed by atoms with Gasteiger partial charge in [0.15, 0.2) is 5.94 Å². The minimum atomic E-state index is -4.32. The van der Waals surface area contributed by atoms with Crippen LogP contribution in [-0.2, 0) is 10.1 Å². The SMILES string of the molecule is Cc1ccc(OCS(=O)(=O)[O-])cc1C.[Na+]. The Morgan fingerprint density at radius 3 is 2.33 bits per heavy atom. The van der Waals surface area contributed by atoms with Gasteiger partial charge in [0, 0.05) is 0 Å². The van der Waals surface area contributed by atoms with Gasteiger partial charge in [-0.05, 0) is 37.1 Å². The van der Waals surface area contributed by atoms with Crippen LogP contribution in [0.2, 0.25) is 0 Å². The van der Waals surface area contributed by atoms with Gasteiger partial charge in [0.2, 0.25) is 0 Å². The van der Waals surface area contributed by atoms with Gasteiger partial charge in [-0.25, -0.2) is 8.42 Å². The normalized spacial score (nSPS) is 10.6. The zero-order valence-corrected chi connectivity index (χ0v) is 11.8. The Morgan fingerprint density at radius 2 is 1.87 bits per heavy atom. The smallest absolute Gasteiger partial charge is 0.745 e. The second-order valence-corrected chi connectivity index (χ2v) is 4.42. The van der Waals surface area contributed by atoms with Crippen molar-refractivity contribution < 1.29 is 47.3 Å². The maximum Gasteiger partial charge on any atom is 1.00 e. The zero-order chi connectivity index (χ0) is 10.8. The number of benzene rings is 1. The van der Waals surface area contributed by atoms with Gasteiger partial charge in [0.05, 0.1) is 0 Å². The van der Waals surface area contributed by atoms with Crippen molar-refractivity contribution in [3.63, 3.8) is 0 Å². The molecule has 0 saturated heterocycles. The minimum Gasteiger partial charge on any atom is -0.745 e. The second-order valence-electron chi connectivity index (χ2n) is 3.07. The summed E-state index contributed by atoms with van der Waals surface area (Å²) < 4.78 is 35.6. The molecule has 0 atom stereocenters. The first-order chi connectivity index (χ1) is 6.38. The molecule has 0 amide bonds. The van der Waals surface area contributed by atoms with E-state index < -0.39 is 16.1 Å². The summed E-state index contributed by atoms with van der Waals surface area (Å²) in [6.45, 7) is 3.82. The molecule has 0 saturated carbocycles. The van der Waals surface area contributed by atoms with Crippen LogP contribution in [0.3, 0.4) is 0 Å². The van der Waals surface area contributed by atoms with Crippen LogP contribution in [-0.4, -0.2) is 18.9 Å². The molecule has 0 unspecified atom stereocenters. The molecule has 0 aliphatic heterocycles. The fraction of sp³-hybridized carbons (Fsp3) is 0.333. The molecule has 0 spiro atoms. The van der Waals surface area contributed by atoms with Crippen LogP contribution in [0.25, 0.3) is 0 Å². The number of aryl methyl sites for hydroxylation is 2. The largest absolute Gasteiger partial charge is 1.00 e. The van der Waals surface area contributed by atoms with Gasteiger partial charge in [-0.15, -0.1) is 0 Å². The molecule has 0 fully saturated rings. The summed E-state index contributed by atoms with van der Waals surface area (Å²) >= 11 is 0. The third kappa shape index (κ3) is 5.53. The molecule has 0 aromatic heterocycles. The van der Waals surface area contributed by atoms with E-state index in [9.17, 15) is 13.0 Å². The molecule has 0 bridgehead atoms. The van der Waals surface area contributed by atoms with Crippen molar-refractivity contribution >= 4 is 10.1 Å². The molecule has 4 nitrogen and oxygen atoms in total. The van der Waals surface area contributed by atoms with E-state index in [-0.39, 0.29) is 29.6 Å². The standard InChI is InChI=1S/C9H12O4S.Na/c1-7-3-4-9(5-8(7)2)13-6-14(10,11)12;/h3-5H,6H2,1-2H3,(H,10,11,12);/q;+1/p-1. The summed E-state index contributed by atoms with van der Waals surface area (Å²) in [6.07, 6.45) is 0. The average Bonchev–Trinajstić information content (AvgIpc) is 2.06. The Hall–Kier alpha value is -0.0700. The second kappa shape index (κ2) is 5.86. The fourth-order valence-electron chi connectivity index (χ4n) is 0.944. The number of hydrogen-bond acceptors (Lipinski definition) is 4. The molecule has 0 heterocycles. The Kier molecular flexibility index (Phi) is 5.84. The molecule has 0 aliphatic rings. The first-order valence-corrected chi connectivity index (χ1v) is 5.60. The Labute approximate surface area is 112 Å². The molecule has 78 valence electrons. The first kappa shape index (κ1) is 14.9. The monoisotopic (exact) mass is 238 g/mol. The molecule has 0 radical (unpaired) electrons. The van der Waals surface area contributed by atoms with Crippen LogP contribution in [0, 0.1) is 13.8 Å². The van der Waals surface area contributed by atoms with Crippen molar-refractivity contribution in [2.24, 2.45) is 0 Å². The predicted octanol–water partition coefficient (Wildman–Crippen LogP) is -1.81. The Balaban J connectivity index is 0.00000196. The quantitative estimate of drug-likeness (QED) is 0.460. The summed E-state index contributed by atoms with van der Waals surface area (Å²) in [5.41, 5.74) is 2.08. The van der Waals surface area contributed by atoms with Crippen molar-refractivity contribution in [1.29, 1.82) is 0 Å². The van der Waals surface area contributed by atoms with Gasteiger partial charge >= 0.3 is 29.6 Å². The molecular formula is C9H11NaO4S. The summed E-state index contributed by atoms with van der Waals surface area (Å²) in [5, 5.41) is 0. The van der Waals surface area contributed by atoms with Crippen LogP contribution in [0.4, 0.5) is 0 Å². The van der Waals surface area contributed by atoms with Crippen molar-refractivity contribution in [2.75, 3.05) is 5.94 Å². The fourth-order valence-corrected chi connectivity index (χ4v) is 1.22. The zero-order valence-electron chi connectivity index (χ0n) is 8.98. The van der Waals surface area contributed by atoms with Crippen LogP contribution in [0.15, 0.2) is 18.2 Å². The van der Waals surface area contributed by atoms with E-state index in [0.717, 1.165) is 11.1 Å². The molecule has 15 heavy (non-hydrogen) atoms.